The number of hydrogen-bond donors (Lipinski definition) is 1. The van der Waals surface area contributed by atoms with Crippen molar-refractivity contribution in [2.45, 2.75) is 44.6 Å². The number of nitrogens with zero attached hydrogens (tertiary/aromatic N) is 1. The van der Waals surface area contributed by atoms with E-state index in [9.17, 15) is 26.7 Å². The van der Waals surface area contributed by atoms with Gasteiger partial charge in [0, 0.05) is 35.4 Å². The summed E-state index contributed by atoms with van der Waals surface area (Å²) >= 11 is 0. The highest BCUT2D eigenvalue weighted by Gasteiger charge is 2.65. The van der Waals surface area contributed by atoms with E-state index in [1.54, 1.807) is 13.0 Å². The molecule has 0 radical (unpaired) electrons. The van der Waals surface area contributed by atoms with E-state index in [1.807, 2.05) is 0 Å². The Morgan fingerprint density at radius 1 is 1.21 bits per heavy atom. The molecule has 1 saturated heterocycles. The van der Waals surface area contributed by atoms with Crippen LogP contribution in [0.5, 0.6) is 5.75 Å². The van der Waals surface area contributed by atoms with E-state index in [4.69, 9.17) is 9.47 Å². The Morgan fingerprint density at radius 2 is 1.91 bits per heavy atom. The average molecular weight is 468 g/mol. The Hall–Kier alpha value is -3.01. The van der Waals surface area contributed by atoms with E-state index in [-0.39, 0.29) is 16.8 Å². The zero-order valence-corrected chi connectivity index (χ0v) is 18.2. The largest absolute Gasteiger partial charge is 0.493 e. The van der Waals surface area contributed by atoms with E-state index < -0.39 is 52.5 Å². The lowest BCUT2D eigenvalue weighted by molar-refractivity contribution is -0.275. The van der Waals surface area contributed by atoms with Gasteiger partial charge in [-0.25, -0.2) is 4.39 Å². The van der Waals surface area contributed by atoms with E-state index in [2.05, 4.69) is 9.97 Å². The third-order valence-electron chi connectivity index (χ3n) is 6.44. The van der Waals surface area contributed by atoms with Crippen molar-refractivity contribution in [3.8, 4) is 5.75 Å². The SMILES string of the molecule is COc1c([C@H]2[C@H](c3cc(=O)c4ncc(C)cc4[nH]3)O[C@@](C)(C(F)(F)F)[C@H]2C)ccc(F)c1F. The van der Waals surface area contributed by atoms with E-state index in [0.29, 0.717) is 5.52 Å². The topological polar surface area (TPSA) is 64.2 Å². The highest BCUT2D eigenvalue weighted by Crippen LogP contribution is 2.59. The lowest BCUT2D eigenvalue weighted by Gasteiger charge is -2.32. The van der Waals surface area contributed by atoms with Crippen molar-refractivity contribution in [2.75, 3.05) is 7.11 Å². The Balaban J connectivity index is 1.97. The van der Waals surface area contributed by atoms with Gasteiger partial charge in [0.25, 0.3) is 0 Å². The molecule has 2 aromatic heterocycles. The minimum absolute atomic E-state index is 0.00480. The molecular formula is C23H21F5N2O3. The molecule has 1 aliphatic rings. The minimum atomic E-state index is -4.78. The Morgan fingerprint density at radius 3 is 2.55 bits per heavy atom. The van der Waals surface area contributed by atoms with Crippen LogP contribution in [0.1, 0.15) is 42.7 Å². The molecule has 3 heterocycles. The van der Waals surface area contributed by atoms with Crippen molar-refractivity contribution in [2.24, 2.45) is 5.92 Å². The fourth-order valence-corrected chi connectivity index (χ4v) is 4.50. The molecule has 1 aliphatic heterocycles. The predicted octanol–water partition coefficient (Wildman–Crippen LogP) is 5.33. The fourth-order valence-electron chi connectivity index (χ4n) is 4.50. The van der Waals surface area contributed by atoms with Gasteiger partial charge >= 0.3 is 6.18 Å². The van der Waals surface area contributed by atoms with Crippen LogP contribution in [0.3, 0.4) is 0 Å². The van der Waals surface area contributed by atoms with Crippen LogP contribution in [0.4, 0.5) is 22.0 Å². The summed E-state index contributed by atoms with van der Waals surface area (Å²) in [5, 5.41) is 0. The van der Waals surface area contributed by atoms with Crippen molar-refractivity contribution in [3.05, 3.63) is 69.1 Å². The molecule has 3 aromatic rings. The first-order valence-electron chi connectivity index (χ1n) is 10.1. The minimum Gasteiger partial charge on any atom is -0.493 e. The number of alkyl halides is 3. The molecule has 1 aromatic carbocycles. The van der Waals surface area contributed by atoms with E-state index >= 15 is 0 Å². The Bertz CT molecular complexity index is 1290. The highest BCUT2D eigenvalue weighted by atomic mass is 19.4. The lowest BCUT2D eigenvalue weighted by atomic mass is 9.76. The second-order valence-corrected chi connectivity index (χ2v) is 8.44. The van der Waals surface area contributed by atoms with Crippen molar-refractivity contribution in [1.82, 2.24) is 9.97 Å². The van der Waals surface area contributed by atoms with Crippen LogP contribution in [0, 0.1) is 24.5 Å². The number of fused-ring (bicyclic) bond motifs is 1. The molecule has 1 fully saturated rings. The monoisotopic (exact) mass is 468 g/mol. The number of H-pyrrole nitrogens is 1. The van der Waals surface area contributed by atoms with Gasteiger partial charge in [-0.05, 0) is 31.5 Å². The van der Waals surface area contributed by atoms with Crippen molar-refractivity contribution in [3.63, 3.8) is 0 Å². The lowest BCUT2D eigenvalue weighted by Crippen LogP contribution is -2.46. The molecule has 33 heavy (non-hydrogen) atoms. The maximum Gasteiger partial charge on any atom is 0.417 e. The van der Waals surface area contributed by atoms with Crippen molar-refractivity contribution >= 4 is 11.0 Å². The van der Waals surface area contributed by atoms with Crippen molar-refractivity contribution in [1.29, 1.82) is 0 Å². The fraction of sp³-hybridized carbons (Fsp3) is 0.391. The van der Waals surface area contributed by atoms with Gasteiger partial charge in [0.2, 0.25) is 11.2 Å². The van der Waals surface area contributed by atoms with Gasteiger partial charge < -0.3 is 14.5 Å². The van der Waals surface area contributed by atoms with Gasteiger partial charge in [-0.2, -0.15) is 17.6 Å². The third kappa shape index (κ3) is 3.56. The highest BCUT2D eigenvalue weighted by molar-refractivity contribution is 5.74. The summed E-state index contributed by atoms with van der Waals surface area (Å²) in [6.45, 7) is 3.98. The number of rotatable bonds is 3. The van der Waals surface area contributed by atoms with Gasteiger partial charge in [-0.1, -0.05) is 13.0 Å². The van der Waals surface area contributed by atoms with Crippen LogP contribution in [0.2, 0.25) is 0 Å². The Labute approximate surface area is 185 Å². The third-order valence-corrected chi connectivity index (χ3v) is 6.44. The molecule has 4 atom stereocenters. The second kappa shape index (κ2) is 7.79. The number of pyridine rings is 2. The zero-order valence-electron chi connectivity index (χ0n) is 18.2. The average Bonchev–Trinajstić information content (AvgIpc) is 3.01. The van der Waals surface area contributed by atoms with Crippen LogP contribution < -0.4 is 10.2 Å². The second-order valence-electron chi connectivity index (χ2n) is 8.44. The molecule has 10 heteroatoms. The number of ether oxygens (including phenoxy) is 2. The number of methoxy groups -OCH3 is 1. The van der Waals surface area contributed by atoms with Crippen LogP contribution in [-0.4, -0.2) is 28.9 Å². The quantitative estimate of drug-likeness (QED) is 0.528. The van der Waals surface area contributed by atoms with Crippen molar-refractivity contribution < 1.29 is 31.4 Å². The summed E-state index contributed by atoms with van der Waals surface area (Å²) in [5.41, 5.74) is -1.89. The van der Waals surface area contributed by atoms with Gasteiger partial charge in [0.15, 0.2) is 17.2 Å². The first-order chi connectivity index (χ1) is 15.4. The van der Waals surface area contributed by atoms with Gasteiger partial charge in [0.05, 0.1) is 12.6 Å². The smallest absolute Gasteiger partial charge is 0.417 e. The zero-order chi connectivity index (χ0) is 24.3. The van der Waals surface area contributed by atoms with Gasteiger partial charge in [0.1, 0.15) is 11.6 Å². The molecule has 0 bridgehead atoms. The summed E-state index contributed by atoms with van der Waals surface area (Å²) in [6, 6.07) is 4.78. The normalized spacial score (nSPS) is 25.5. The molecule has 0 aliphatic carbocycles. The first-order valence-corrected chi connectivity index (χ1v) is 10.1. The number of benzene rings is 1. The summed E-state index contributed by atoms with van der Waals surface area (Å²) < 4.78 is 81.3. The number of nitrogens with one attached hydrogen (secondary N) is 1. The molecule has 176 valence electrons. The van der Waals surface area contributed by atoms with Gasteiger partial charge in [-0.15, -0.1) is 0 Å². The number of hydrogen-bond acceptors (Lipinski definition) is 4. The molecule has 1 N–H and O–H groups in total. The number of aromatic nitrogens is 2. The number of aromatic amines is 1. The van der Waals surface area contributed by atoms with Crippen LogP contribution >= 0.6 is 0 Å². The summed E-state index contributed by atoms with van der Waals surface area (Å²) in [4.78, 5) is 19.7. The maximum absolute atomic E-state index is 14.5. The molecule has 4 rings (SSSR count). The molecule has 0 spiro atoms. The summed E-state index contributed by atoms with van der Waals surface area (Å²) in [6.07, 6.45) is -4.61. The molecule has 0 amide bonds. The van der Waals surface area contributed by atoms with Crippen LogP contribution in [0.15, 0.2) is 35.3 Å². The number of aryl methyl sites for hydroxylation is 1. The molecule has 5 nitrogen and oxygen atoms in total. The van der Waals surface area contributed by atoms with Crippen LogP contribution in [-0.2, 0) is 4.74 Å². The molecule has 0 unspecified atom stereocenters. The number of halogens is 5. The molecular weight excluding hydrogens is 447 g/mol. The maximum atomic E-state index is 14.5. The molecule has 0 saturated carbocycles. The first kappa shape index (κ1) is 23.2. The summed E-state index contributed by atoms with van der Waals surface area (Å²) in [7, 11) is 1.10. The predicted molar refractivity (Wildman–Crippen MR) is 110 cm³/mol. The Kier molecular flexibility index (Phi) is 5.47. The van der Waals surface area contributed by atoms with Gasteiger partial charge in [-0.3, -0.25) is 9.78 Å². The standard InChI is InChI=1S/C23H21F5N2O3/c1-10-7-14-19(29-9-10)16(31)8-15(30-14)21-17(11(2)22(3,33-21)23(26,27)28)12-5-6-13(24)18(25)20(12)32-4/h5-9,11,17,21H,1-4H3,(H,30,31)/t11-,17-,21-,22+/m0/s1. The van der Waals surface area contributed by atoms with E-state index in [0.717, 1.165) is 31.7 Å². The summed E-state index contributed by atoms with van der Waals surface area (Å²) in [5.74, 6) is -5.37. The van der Waals surface area contributed by atoms with Crippen LogP contribution in [0.25, 0.3) is 11.0 Å². The van der Waals surface area contributed by atoms with E-state index in [1.165, 1.54) is 19.2 Å².